The third-order valence-corrected chi connectivity index (χ3v) is 4.40. The number of fused-ring (bicyclic) bond motifs is 1. The zero-order valence-electron chi connectivity index (χ0n) is 13.8. The van der Waals surface area contributed by atoms with E-state index in [0.717, 1.165) is 29.9 Å². The quantitative estimate of drug-likeness (QED) is 0.662. The predicted molar refractivity (Wildman–Crippen MR) is 91.7 cm³/mol. The molecule has 0 bridgehead atoms. The van der Waals surface area contributed by atoms with Crippen LogP contribution in [0.1, 0.15) is 30.9 Å². The maximum atomic E-state index is 5.62. The van der Waals surface area contributed by atoms with Crippen LogP contribution in [-0.4, -0.2) is 27.9 Å². The molecule has 0 atom stereocenters. The Bertz CT molecular complexity index is 826. The van der Waals surface area contributed by atoms with E-state index in [2.05, 4.69) is 39.5 Å². The summed E-state index contributed by atoms with van der Waals surface area (Å²) in [6.07, 6.45) is 2.52. The molecule has 0 spiro atoms. The molecule has 1 aromatic heterocycles. The average molecular weight is 323 g/mol. The van der Waals surface area contributed by atoms with Crippen LogP contribution in [0.15, 0.2) is 47.1 Å². The summed E-state index contributed by atoms with van der Waals surface area (Å²) in [5.41, 5.74) is 4.13. The summed E-state index contributed by atoms with van der Waals surface area (Å²) in [6.45, 7) is 4.47. The van der Waals surface area contributed by atoms with Crippen molar-refractivity contribution >= 4 is 11.0 Å². The highest BCUT2D eigenvalue weighted by Crippen LogP contribution is 2.31. The van der Waals surface area contributed by atoms with Gasteiger partial charge < -0.3 is 4.74 Å². The lowest BCUT2D eigenvalue weighted by atomic mass is 10.1. The van der Waals surface area contributed by atoms with Crippen LogP contribution < -0.4 is 4.74 Å². The SMILES string of the molecule is CCOc1cccc(CN(Cc2cccc3nonc23)C2CC2)c1. The number of nitrogens with zero attached hydrogens (tertiary/aromatic N) is 3. The average Bonchev–Trinajstić information content (AvgIpc) is 3.32. The Kier molecular flexibility index (Phi) is 4.17. The van der Waals surface area contributed by atoms with Crippen molar-refractivity contribution in [3.05, 3.63) is 53.6 Å². The molecule has 0 aliphatic heterocycles. The summed E-state index contributed by atoms with van der Waals surface area (Å²) in [4.78, 5) is 2.51. The standard InChI is InChI=1S/C19H21N3O2/c1-2-23-17-7-3-5-14(11-17)12-22(16-9-10-16)13-15-6-4-8-18-19(15)21-24-20-18/h3-8,11,16H,2,9-10,12-13H2,1H3. The molecule has 124 valence electrons. The summed E-state index contributed by atoms with van der Waals surface area (Å²) in [6, 6.07) is 15.1. The summed E-state index contributed by atoms with van der Waals surface area (Å²) in [5.74, 6) is 0.938. The fraction of sp³-hybridized carbons (Fsp3) is 0.368. The molecular weight excluding hydrogens is 302 g/mol. The van der Waals surface area contributed by atoms with E-state index in [4.69, 9.17) is 9.37 Å². The molecule has 1 aliphatic rings. The van der Waals surface area contributed by atoms with Crippen LogP contribution >= 0.6 is 0 Å². The molecule has 0 amide bonds. The van der Waals surface area contributed by atoms with E-state index in [1.807, 2.05) is 25.1 Å². The highest BCUT2D eigenvalue weighted by atomic mass is 16.6. The van der Waals surface area contributed by atoms with Gasteiger partial charge in [-0.3, -0.25) is 4.90 Å². The van der Waals surface area contributed by atoms with E-state index < -0.39 is 0 Å². The smallest absolute Gasteiger partial charge is 0.139 e. The van der Waals surface area contributed by atoms with Crippen LogP contribution in [0.2, 0.25) is 0 Å². The van der Waals surface area contributed by atoms with E-state index in [9.17, 15) is 0 Å². The van der Waals surface area contributed by atoms with Crippen molar-refractivity contribution in [3.63, 3.8) is 0 Å². The summed E-state index contributed by atoms with van der Waals surface area (Å²) in [5, 5.41) is 8.01. The molecule has 0 N–H and O–H groups in total. The second-order valence-corrected chi connectivity index (χ2v) is 6.27. The zero-order chi connectivity index (χ0) is 16.4. The largest absolute Gasteiger partial charge is 0.494 e. The first-order chi connectivity index (χ1) is 11.8. The van der Waals surface area contributed by atoms with Gasteiger partial charge in [-0.2, -0.15) is 0 Å². The van der Waals surface area contributed by atoms with E-state index in [1.54, 1.807) is 0 Å². The molecule has 0 unspecified atom stereocenters. The highest BCUT2D eigenvalue weighted by molar-refractivity contribution is 5.76. The molecule has 1 aliphatic carbocycles. The Balaban J connectivity index is 1.55. The molecule has 1 saturated carbocycles. The van der Waals surface area contributed by atoms with Crippen molar-refractivity contribution in [2.75, 3.05) is 6.61 Å². The second-order valence-electron chi connectivity index (χ2n) is 6.27. The molecule has 5 heteroatoms. The maximum Gasteiger partial charge on any atom is 0.139 e. The van der Waals surface area contributed by atoms with Crippen molar-refractivity contribution in [1.82, 2.24) is 15.2 Å². The first-order valence-corrected chi connectivity index (χ1v) is 8.49. The molecule has 0 radical (unpaired) electrons. The molecule has 24 heavy (non-hydrogen) atoms. The fourth-order valence-electron chi connectivity index (χ4n) is 3.10. The van der Waals surface area contributed by atoms with Crippen molar-refractivity contribution in [2.24, 2.45) is 0 Å². The lowest BCUT2D eigenvalue weighted by Gasteiger charge is -2.22. The van der Waals surface area contributed by atoms with Gasteiger partial charge in [0.15, 0.2) is 0 Å². The number of benzene rings is 2. The Labute approximate surface area is 141 Å². The van der Waals surface area contributed by atoms with Crippen molar-refractivity contribution in [2.45, 2.75) is 38.9 Å². The summed E-state index contributed by atoms with van der Waals surface area (Å²) in [7, 11) is 0. The Morgan fingerprint density at radius 1 is 1.12 bits per heavy atom. The van der Waals surface area contributed by atoms with Gasteiger partial charge in [-0.1, -0.05) is 24.3 Å². The number of hydrogen-bond donors (Lipinski definition) is 0. The van der Waals surface area contributed by atoms with Crippen LogP contribution in [0.4, 0.5) is 0 Å². The first-order valence-electron chi connectivity index (χ1n) is 8.49. The molecule has 3 aromatic rings. The third kappa shape index (κ3) is 3.26. The monoisotopic (exact) mass is 323 g/mol. The van der Waals surface area contributed by atoms with Crippen molar-refractivity contribution in [3.8, 4) is 5.75 Å². The van der Waals surface area contributed by atoms with Gasteiger partial charge in [-0.05, 0) is 59.4 Å². The van der Waals surface area contributed by atoms with Crippen molar-refractivity contribution < 1.29 is 9.37 Å². The van der Waals surface area contributed by atoms with Crippen LogP contribution in [0.25, 0.3) is 11.0 Å². The van der Waals surface area contributed by atoms with Gasteiger partial charge in [0.1, 0.15) is 16.8 Å². The molecule has 2 aromatic carbocycles. The van der Waals surface area contributed by atoms with E-state index in [0.29, 0.717) is 12.6 Å². The molecule has 4 rings (SSSR count). The zero-order valence-corrected chi connectivity index (χ0v) is 13.8. The van der Waals surface area contributed by atoms with E-state index in [-0.39, 0.29) is 0 Å². The van der Waals surface area contributed by atoms with Crippen LogP contribution in [0.5, 0.6) is 5.75 Å². The van der Waals surface area contributed by atoms with Gasteiger partial charge in [0.2, 0.25) is 0 Å². The van der Waals surface area contributed by atoms with Gasteiger partial charge in [-0.25, -0.2) is 4.63 Å². The summed E-state index contributed by atoms with van der Waals surface area (Å²) >= 11 is 0. The molecule has 1 fully saturated rings. The Morgan fingerprint density at radius 3 is 2.83 bits per heavy atom. The Morgan fingerprint density at radius 2 is 2.00 bits per heavy atom. The number of ether oxygens (including phenoxy) is 1. The van der Waals surface area contributed by atoms with Crippen molar-refractivity contribution in [1.29, 1.82) is 0 Å². The number of rotatable bonds is 7. The minimum absolute atomic E-state index is 0.649. The molecule has 1 heterocycles. The Hall–Kier alpha value is -2.40. The molecular formula is C19H21N3O2. The predicted octanol–water partition coefficient (Wildman–Crippen LogP) is 3.79. The summed E-state index contributed by atoms with van der Waals surface area (Å²) < 4.78 is 10.5. The van der Waals surface area contributed by atoms with Crippen LogP contribution in [-0.2, 0) is 13.1 Å². The maximum absolute atomic E-state index is 5.62. The third-order valence-electron chi connectivity index (χ3n) is 4.40. The van der Waals surface area contributed by atoms with Gasteiger partial charge in [0.05, 0.1) is 6.61 Å². The number of aromatic nitrogens is 2. The number of hydrogen-bond acceptors (Lipinski definition) is 5. The first kappa shape index (κ1) is 15.1. The minimum Gasteiger partial charge on any atom is -0.494 e. The van der Waals surface area contributed by atoms with E-state index in [1.165, 1.54) is 24.0 Å². The second kappa shape index (κ2) is 6.61. The van der Waals surface area contributed by atoms with Gasteiger partial charge >= 0.3 is 0 Å². The van der Waals surface area contributed by atoms with Crippen LogP contribution in [0, 0.1) is 0 Å². The topological polar surface area (TPSA) is 51.4 Å². The van der Waals surface area contributed by atoms with Gasteiger partial charge in [0, 0.05) is 19.1 Å². The lowest BCUT2D eigenvalue weighted by molar-refractivity contribution is 0.245. The van der Waals surface area contributed by atoms with Gasteiger partial charge in [-0.15, -0.1) is 0 Å². The van der Waals surface area contributed by atoms with E-state index >= 15 is 0 Å². The highest BCUT2D eigenvalue weighted by Gasteiger charge is 2.29. The normalized spacial score (nSPS) is 14.4. The van der Waals surface area contributed by atoms with Gasteiger partial charge in [0.25, 0.3) is 0 Å². The molecule has 5 nitrogen and oxygen atoms in total. The molecule has 0 saturated heterocycles. The lowest BCUT2D eigenvalue weighted by Crippen LogP contribution is -2.25. The van der Waals surface area contributed by atoms with Crippen LogP contribution in [0.3, 0.4) is 0 Å². The fourth-order valence-corrected chi connectivity index (χ4v) is 3.10. The minimum atomic E-state index is 0.649.